The van der Waals surface area contributed by atoms with Gasteiger partial charge >= 0.3 is 0 Å². The van der Waals surface area contributed by atoms with Gasteiger partial charge in [0.25, 0.3) is 0 Å². The SMILES string of the molecule is CC.O=c1c2cc(Br)ccc2c2cc3c(=O)c4cc(Br)ccc4c3cc12. The van der Waals surface area contributed by atoms with E-state index in [9.17, 15) is 9.59 Å². The van der Waals surface area contributed by atoms with Gasteiger partial charge in [0, 0.05) is 30.5 Å². The summed E-state index contributed by atoms with van der Waals surface area (Å²) in [6.45, 7) is 4.00. The molecule has 0 saturated heterocycles. The van der Waals surface area contributed by atoms with Crippen LogP contribution in [0.3, 0.4) is 0 Å². The summed E-state index contributed by atoms with van der Waals surface area (Å²) < 4.78 is 1.75. The van der Waals surface area contributed by atoms with Crippen molar-refractivity contribution in [2.75, 3.05) is 0 Å². The maximum atomic E-state index is 12.8. The van der Waals surface area contributed by atoms with E-state index in [-0.39, 0.29) is 10.9 Å². The Balaban J connectivity index is 0.000000814. The molecular weight excluding hydrogens is 456 g/mol. The molecule has 5 aromatic carbocycles. The molecular formula is C22H14Br2O2. The number of hydrogen-bond donors (Lipinski definition) is 0. The molecule has 4 heteroatoms. The summed E-state index contributed by atoms with van der Waals surface area (Å²) in [4.78, 5) is 25.5. The van der Waals surface area contributed by atoms with Crippen LogP contribution in [0.1, 0.15) is 13.8 Å². The van der Waals surface area contributed by atoms with Gasteiger partial charge in [-0.25, -0.2) is 0 Å². The summed E-state index contributed by atoms with van der Waals surface area (Å²) in [6, 6.07) is 15.1. The first-order chi connectivity index (χ1) is 12.5. The van der Waals surface area contributed by atoms with Gasteiger partial charge in [-0.3, -0.25) is 9.59 Å². The summed E-state index contributed by atoms with van der Waals surface area (Å²) in [5.41, 5.74) is 0.0317. The largest absolute Gasteiger partial charge is 0.289 e. The topological polar surface area (TPSA) is 34.1 Å². The maximum Gasteiger partial charge on any atom is 0.194 e. The second kappa shape index (κ2) is 6.29. The second-order valence-electron chi connectivity index (χ2n) is 5.98. The Hall–Kier alpha value is -2.04. The highest BCUT2D eigenvalue weighted by Crippen LogP contribution is 2.33. The van der Waals surface area contributed by atoms with Crippen LogP contribution in [0.5, 0.6) is 0 Å². The van der Waals surface area contributed by atoms with Crippen molar-refractivity contribution in [1.82, 2.24) is 0 Å². The molecule has 0 unspecified atom stereocenters. The van der Waals surface area contributed by atoms with E-state index in [1.54, 1.807) is 0 Å². The fourth-order valence-corrected chi connectivity index (χ4v) is 4.31. The monoisotopic (exact) mass is 468 g/mol. The lowest BCUT2D eigenvalue weighted by Crippen LogP contribution is -1.95. The first kappa shape index (κ1) is 17.4. The van der Waals surface area contributed by atoms with Gasteiger partial charge in [0.05, 0.1) is 0 Å². The average Bonchev–Trinajstić information content (AvgIpc) is 3.08. The third-order valence-corrected chi connectivity index (χ3v) is 5.67. The molecule has 128 valence electrons. The van der Waals surface area contributed by atoms with Gasteiger partial charge in [0.15, 0.2) is 10.9 Å². The molecule has 0 radical (unpaired) electrons. The van der Waals surface area contributed by atoms with Crippen molar-refractivity contribution in [3.8, 4) is 0 Å². The van der Waals surface area contributed by atoms with Crippen LogP contribution in [-0.4, -0.2) is 0 Å². The third-order valence-electron chi connectivity index (χ3n) is 4.68. The van der Waals surface area contributed by atoms with Gasteiger partial charge < -0.3 is 0 Å². The number of hydrogen-bond acceptors (Lipinski definition) is 2. The van der Waals surface area contributed by atoms with Crippen molar-refractivity contribution in [1.29, 1.82) is 0 Å². The Kier molecular flexibility index (Phi) is 4.20. The van der Waals surface area contributed by atoms with Crippen molar-refractivity contribution in [2.45, 2.75) is 13.8 Å². The standard InChI is InChI=1S/C20H8Br2O2.C2H6/c21-9-1-3-11-13-7-18-14(8-17(13)19(23)15(11)5-9)12-4-2-10(22)6-16(12)20(18)24;1-2/h1-8H;1-2H3. The normalized spacial score (nSPS) is 11.4. The van der Waals surface area contributed by atoms with Crippen LogP contribution in [0.15, 0.2) is 67.1 Å². The molecule has 0 spiro atoms. The summed E-state index contributed by atoms with van der Waals surface area (Å²) >= 11 is 6.84. The molecule has 0 aliphatic carbocycles. The van der Waals surface area contributed by atoms with Gasteiger partial charge in [-0.05, 0) is 57.9 Å². The van der Waals surface area contributed by atoms with Crippen LogP contribution >= 0.6 is 31.9 Å². The third kappa shape index (κ3) is 2.36. The lowest BCUT2D eigenvalue weighted by molar-refractivity contribution is 1.50. The van der Waals surface area contributed by atoms with E-state index in [0.29, 0.717) is 21.5 Å². The highest BCUT2D eigenvalue weighted by atomic mass is 79.9. The molecule has 0 heterocycles. The molecule has 26 heavy (non-hydrogen) atoms. The molecule has 2 nitrogen and oxygen atoms in total. The lowest BCUT2D eigenvalue weighted by atomic mass is 10.1. The van der Waals surface area contributed by atoms with E-state index in [1.165, 1.54) is 0 Å². The first-order valence-electron chi connectivity index (χ1n) is 8.42. The van der Waals surface area contributed by atoms with Crippen LogP contribution in [0.25, 0.3) is 43.1 Å². The molecule has 0 saturated carbocycles. The minimum atomic E-state index is 0.0158. The highest BCUT2D eigenvalue weighted by Gasteiger charge is 2.16. The maximum absolute atomic E-state index is 12.8. The minimum absolute atomic E-state index is 0.0158. The lowest BCUT2D eigenvalue weighted by Gasteiger charge is -1.95. The molecule has 0 aliphatic rings. The number of benzene rings is 3. The van der Waals surface area contributed by atoms with E-state index in [0.717, 1.165) is 30.5 Å². The van der Waals surface area contributed by atoms with Crippen LogP contribution in [-0.2, 0) is 0 Å². The van der Waals surface area contributed by atoms with Crippen molar-refractivity contribution in [3.05, 3.63) is 77.9 Å². The zero-order valence-corrected chi connectivity index (χ0v) is 17.4. The predicted molar refractivity (Wildman–Crippen MR) is 118 cm³/mol. The highest BCUT2D eigenvalue weighted by molar-refractivity contribution is 9.10. The average molecular weight is 470 g/mol. The van der Waals surface area contributed by atoms with Gasteiger partial charge in [0.1, 0.15) is 0 Å². The van der Waals surface area contributed by atoms with Gasteiger partial charge in [-0.1, -0.05) is 57.8 Å². The predicted octanol–water partition coefficient (Wildman–Crippen LogP) is 6.45. The van der Waals surface area contributed by atoms with Crippen LogP contribution < -0.4 is 10.9 Å². The quantitative estimate of drug-likeness (QED) is 0.261. The molecule has 0 aliphatic heterocycles. The molecule has 5 aromatic rings. The van der Waals surface area contributed by atoms with Crippen LogP contribution in [0.2, 0.25) is 0 Å². The summed E-state index contributed by atoms with van der Waals surface area (Å²) in [5, 5.41) is 6.20. The Morgan fingerprint density at radius 2 is 0.846 bits per heavy atom. The fraction of sp³-hybridized carbons (Fsp3) is 0.0909. The summed E-state index contributed by atoms with van der Waals surface area (Å²) in [5.74, 6) is 0. The van der Waals surface area contributed by atoms with E-state index < -0.39 is 0 Å². The zero-order valence-electron chi connectivity index (χ0n) is 14.2. The van der Waals surface area contributed by atoms with Crippen LogP contribution in [0, 0.1) is 0 Å². The molecule has 0 fully saturated rings. The molecule has 5 rings (SSSR count). The van der Waals surface area contributed by atoms with Crippen LogP contribution in [0.4, 0.5) is 0 Å². The Morgan fingerprint density at radius 3 is 1.23 bits per heavy atom. The molecule has 0 bridgehead atoms. The van der Waals surface area contributed by atoms with Crippen molar-refractivity contribution in [2.24, 2.45) is 0 Å². The summed E-state index contributed by atoms with van der Waals surface area (Å²) in [6.07, 6.45) is 0. The Morgan fingerprint density at radius 1 is 0.500 bits per heavy atom. The van der Waals surface area contributed by atoms with E-state index >= 15 is 0 Å². The molecule has 0 atom stereocenters. The van der Waals surface area contributed by atoms with E-state index in [4.69, 9.17) is 0 Å². The second-order valence-corrected chi connectivity index (χ2v) is 7.81. The number of halogens is 2. The molecule has 0 aromatic heterocycles. The molecule has 0 N–H and O–H groups in total. The molecule has 0 amide bonds. The first-order valence-corrected chi connectivity index (χ1v) is 10.0. The van der Waals surface area contributed by atoms with Gasteiger partial charge in [-0.15, -0.1) is 0 Å². The smallest absolute Gasteiger partial charge is 0.194 e. The van der Waals surface area contributed by atoms with Gasteiger partial charge in [0.2, 0.25) is 0 Å². The van der Waals surface area contributed by atoms with Crippen molar-refractivity contribution < 1.29 is 0 Å². The van der Waals surface area contributed by atoms with Gasteiger partial charge in [-0.2, -0.15) is 0 Å². The summed E-state index contributed by atoms with van der Waals surface area (Å²) in [7, 11) is 0. The fourth-order valence-electron chi connectivity index (χ4n) is 3.59. The van der Waals surface area contributed by atoms with Crippen molar-refractivity contribution in [3.63, 3.8) is 0 Å². The zero-order chi connectivity index (χ0) is 18.6. The van der Waals surface area contributed by atoms with Crippen molar-refractivity contribution >= 4 is 74.9 Å². The van der Waals surface area contributed by atoms with E-state index in [2.05, 4.69) is 31.9 Å². The minimum Gasteiger partial charge on any atom is -0.289 e. The van der Waals surface area contributed by atoms with E-state index in [1.807, 2.05) is 62.4 Å². The number of fused-ring (bicyclic) bond motifs is 6. The Bertz CT molecular complexity index is 1300. The number of rotatable bonds is 0. The Labute approximate surface area is 166 Å².